The van der Waals surface area contributed by atoms with Gasteiger partial charge in [-0.25, -0.2) is 4.79 Å². The normalized spacial score (nSPS) is 21.9. The largest absolute Gasteiger partial charge is 0.497 e. The Morgan fingerprint density at radius 2 is 1.36 bits per heavy atom. The molecule has 2 aliphatic heterocycles. The minimum atomic E-state index is -1.24. The molecule has 0 bridgehead atoms. The van der Waals surface area contributed by atoms with E-state index in [1.165, 1.54) is 0 Å². The van der Waals surface area contributed by atoms with Crippen molar-refractivity contribution in [1.29, 1.82) is 0 Å². The molecule has 0 radical (unpaired) electrons. The Hall–Kier alpha value is -3.65. The summed E-state index contributed by atoms with van der Waals surface area (Å²) in [4.78, 5) is 27.8. The van der Waals surface area contributed by atoms with Gasteiger partial charge < -0.3 is 37.7 Å². The molecule has 13 nitrogen and oxygen atoms in total. The molecule has 0 aromatic heterocycles. The van der Waals surface area contributed by atoms with Gasteiger partial charge in [0.05, 0.1) is 40.0 Å². The van der Waals surface area contributed by atoms with Crippen LogP contribution in [0.25, 0.3) is 0 Å². The maximum atomic E-state index is 13.6. The van der Waals surface area contributed by atoms with Crippen LogP contribution in [-0.4, -0.2) is 126 Å². The predicted molar refractivity (Wildman–Crippen MR) is 223 cm³/mol. The van der Waals surface area contributed by atoms with E-state index in [1.54, 1.807) is 40.3 Å². The van der Waals surface area contributed by atoms with Crippen LogP contribution < -0.4 is 14.8 Å². The fourth-order valence-electron chi connectivity index (χ4n) is 7.75. The summed E-state index contributed by atoms with van der Waals surface area (Å²) >= 11 is 0. The number of methoxy groups -OCH3 is 4. The van der Waals surface area contributed by atoms with Gasteiger partial charge in [0.1, 0.15) is 43.7 Å². The number of amides is 3. The lowest BCUT2D eigenvalue weighted by Crippen LogP contribution is -2.60. The van der Waals surface area contributed by atoms with Crippen molar-refractivity contribution < 1.29 is 47.3 Å². The van der Waals surface area contributed by atoms with E-state index in [2.05, 4.69) is 37.7 Å². The second-order valence-corrected chi connectivity index (χ2v) is 16.9. The van der Waals surface area contributed by atoms with Gasteiger partial charge in [0.2, 0.25) is 5.91 Å². The third-order valence-electron chi connectivity index (χ3n) is 10.5. The Kier molecular flexibility index (Phi) is 16.9. The number of rotatable bonds is 22. The van der Waals surface area contributed by atoms with Crippen molar-refractivity contribution >= 4 is 20.2 Å². The standard InChI is InChI=1S/C44H62N3O10P/c1-30(2)47(31(3)4)58(27-13-24-50-6)57-39-38(56-42(40(39)54-26-25-51-7)46-28-32(5)41(48)45-43(46)49)29-55-44(33-14-11-10-12-15-33,34-16-20-36(52-8)21-17-34)35-18-22-37(53-9)23-19-35/h10-12,14-23,30-32,38-40,42H,13,24-29H2,1-9H3,(H,45,48,49)/t32?,38-,39-,40-,42-,58?/m1/s1. The van der Waals surface area contributed by atoms with E-state index in [4.69, 9.17) is 37.7 Å². The lowest BCUT2D eigenvalue weighted by atomic mass is 9.80. The van der Waals surface area contributed by atoms with E-state index in [1.807, 2.05) is 78.9 Å². The van der Waals surface area contributed by atoms with E-state index in [9.17, 15) is 9.59 Å². The SMILES string of the molecule is COCCCP(O[C@H]1[C@@H](OCCOC)[C@H](N2CC(C)C(=O)NC2=O)O[C@@H]1COC(c1ccccc1)(c1ccc(OC)cc1)c1ccc(OC)cc1)N(C(C)C)C(C)C. The number of nitrogens with one attached hydrogen (secondary N) is 1. The zero-order valence-corrected chi connectivity index (χ0v) is 36.3. The molecule has 0 aliphatic carbocycles. The highest BCUT2D eigenvalue weighted by atomic mass is 31.2. The number of nitrogens with zero attached hydrogens (tertiary/aromatic N) is 2. The Bertz CT molecular complexity index is 1660. The molecule has 1 N–H and O–H groups in total. The van der Waals surface area contributed by atoms with Gasteiger partial charge in [-0.2, -0.15) is 0 Å². The molecule has 318 valence electrons. The highest BCUT2D eigenvalue weighted by Crippen LogP contribution is 2.50. The van der Waals surface area contributed by atoms with Gasteiger partial charge in [0.25, 0.3) is 0 Å². The van der Waals surface area contributed by atoms with Crippen LogP contribution in [0, 0.1) is 5.92 Å². The van der Waals surface area contributed by atoms with Crippen LogP contribution in [0.15, 0.2) is 78.9 Å². The third-order valence-corrected chi connectivity index (χ3v) is 13.1. The molecule has 3 aromatic carbocycles. The van der Waals surface area contributed by atoms with E-state index >= 15 is 0 Å². The van der Waals surface area contributed by atoms with Gasteiger partial charge in [-0.15, -0.1) is 0 Å². The molecule has 0 spiro atoms. The number of hydrogen-bond acceptors (Lipinski definition) is 11. The molecule has 14 heteroatoms. The summed E-state index contributed by atoms with van der Waals surface area (Å²) in [5.74, 6) is 0.624. The third kappa shape index (κ3) is 10.6. The summed E-state index contributed by atoms with van der Waals surface area (Å²) in [6.07, 6.45) is -1.56. The summed E-state index contributed by atoms with van der Waals surface area (Å²) in [5.41, 5.74) is 1.47. The first-order valence-corrected chi connectivity index (χ1v) is 21.5. The van der Waals surface area contributed by atoms with E-state index in [-0.39, 0.29) is 37.7 Å². The monoisotopic (exact) mass is 823 g/mol. The van der Waals surface area contributed by atoms with Gasteiger partial charge in [-0.3, -0.25) is 19.7 Å². The summed E-state index contributed by atoms with van der Waals surface area (Å²) in [6.45, 7) is 11.8. The zero-order chi connectivity index (χ0) is 41.8. The number of carbonyl (C=O) groups excluding carboxylic acids is 2. The van der Waals surface area contributed by atoms with Crippen molar-refractivity contribution in [2.45, 2.75) is 83.3 Å². The molecule has 2 heterocycles. The van der Waals surface area contributed by atoms with Crippen LogP contribution in [-0.2, 0) is 38.6 Å². The molecule has 3 aromatic rings. The van der Waals surface area contributed by atoms with E-state index in [0.717, 1.165) is 29.3 Å². The smallest absolute Gasteiger partial charge is 0.326 e. The van der Waals surface area contributed by atoms with Crippen molar-refractivity contribution in [2.75, 3.05) is 67.6 Å². The first-order chi connectivity index (χ1) is 28.0. The lowest BCUT2D eigenvalue weighted by molar-refractivity contribution is -0.135. The van der Waals surface area contributed by atoms with Crippen LogP contribution in [0.4, 0.5) is 4.79 Å². The van der Waals surface area contributed by atoms with Gasteiger partial charge in [0.15, 0.2) is 6.23 Å². The van der Waals surface area contributed by atoms with Crippen LogP contribution in [0.2, 0.25) is 0 Å². The molecule has 5 rings (SSSR count). The molecule has 2 saturated heterocycles. The number of ether oxygens (including phenoxy) is 7. The molecular weight excluding hydrogens is 761 g/mol. The van der Waals surface area contributed by atoms with E-state index in [0.29, 0.717) is 24.7 Å². The molecular formula is C44H62N3O10P. The van der Waals surface area contributed by atoms with Crippen LogP contribution in [0.1, 0.15) is 57.7 Å². The van der Waals surface area contributed by atoms with Crippen molar-refractivity contribution in [3.8, 4) is 11.5 Å². The van der Waals surface area contributed by atoms with Crippen molar-refractivity contribution in [3.05, 3.63) is 95.6 Å². The number of carbonyl (C=O) groups is 2. The average molecular weight is 824 g/mol. The highest BCUT2D eigenvalue weighted by Gasteiger charge is 2.54. The van der Waals surface area contributed by atoms with Gasteiger partial charge in [0, 0.05) is 45.6 Å². The summed E-state index contributed by atoms with van der Waals surface area (Å²) in [6, 6.07) is 25.6. The average Bonchev–Trinajstić information content (AvgIpc) is 3.56. The van der Waals surface area contributed by atoms with Crippen LogP contribution in [0.3, 0.4) is 0 Å². The van der Waals surface area contributed by atoms with Crippen LogP contribution in [0.5, 0.6) is 11.5 Å². The topological polar surface area (TPSA) is 126 Å². The van der Waals surface area contributed by atoms with Crippen LogP contribution >= 0.6 is 8.30 Å². The molecule has 0 saturated carbocycles. The second-order valence-electron chi connectivity index (χ2n) is 15.1. The number of imide groups is 1. The fraction of sp³-hybridized carbons (Fsp3) is 0.545. The van der Waals surface area contributed by atoms with Crippen molar-refractivity contribution in [1.82, 2.24) is 14.9 Å². The predicted octanol–water partition coefficient (Wildman–Crippen LogP) is 6.81. The summed E-state index contributed by atoms with van der Waals surface area (Å²) in [7, 11) is 5.36. The second kappa shape index (κ2) is 21.6. The maximum Gasteiger partial charge on any atom is 0.326 e. The zero-order valence-electron chi connectivity index (χ0n) is 35.4. The van der Waals surface area contributed by atoms with Gasteiger partial charge in [-0.1, -0.05) is 61.5 Å². The minimum Gasteiger partial charge on any atom is -0.497 e. The molecule has 6 atom stereocenters. The lowest BCUT2D eigenvalue weighted by Gasteiger charge is -2.41. The number of hydrogen-bond donors (Lipinski definition) is 1. The Morgan fingerprint density at radius 3 is 1.90 bits per heavy atom. The molecule has 2 aliphatic rings. The Labute approximate surface area is 345 Å². The summed E-state index contributed by atoms with van der Waals surface area (Å²) in [5, 5.41) is 2.51. The van der Waals surface area contributed by atoms with Gasteiger partial charge >= 0.3 is 6.03 Å². The number of urea groups is 1. The molecule has 2 unspecified atom stereocenters. The Morgan fingerprint density at radius 1 is 0.793 bits per heavy atom. The van der Waals surface area contributed by atoms with Gasteiger partial charge in [-0.05, 0) is 75.1 Å². The van der Waals surface area contributed by atoms with Crippen molar-refractivity contribution in [2.24, 2.45) is 5.92 Å². The molecule has 3 amide bonds. The summed E-state index contributed by atoms with van der Waals surface area (Å²) < 4.78 is 52.8. The molecule has 2 fully saturated rings. The van der Waals surface area contributed by atoms with Crippen molar-refractivity contribution in [3.63, 3.8) is 0 Å². The quantitative estimate of drug-likeness (QED) is 0.0653. The minimum absolute atomic E-state index is 0.0345. The highest BCUT2D eigenvalue weighted by molar-refractivity contribution is 7.50. The molecule has 58 heavy (non-hydrogen) atoms. The fourth-order valence-corrected chi connectivity index (χ4v) is 10.2. The Balaban J connectivity index is 1.65. The number of benzene rings is 3. The first kappa shape index (κ1) is 45.4. The maximum absolute atomic E-state index is 13.6. The van der Waals surface area contributed by atoms with E-state index < -0.39 is 50.4 Å². The first-order valence-electron chi connectivity index (χ1n) is 20.1.